The van der Waals surface area contributed by atoms with Crippen LogP contribution in [-0.4, -0.2) is 12.1 Å². The molecule has 0 bridgehead atoms. The number of hydrogen-bond acceptors (Lipinski definition) is 4. The maximum absolute atomic E-state index is 11.8. The van der Waals surface area contributed by atoms with Crippen LogP contribution in [0.3, 0.4) is 0 Å². The van der Waals surface area contributed by atoms with Crippen molar-refractivity contribution in [2.75, 3.05) is 0 Å². The number of hydrazone groups is 1. The quantitative estimate of drug-likeness (QED) is 0.241. The van der Waals surface area contributed by atoms with E-state index in [1.165, 1.54) is 11.3 Å². The van der Waals surface area contributed by atoms with Crippen molar-refractivity contribution >= 4 is 69.3 Å². The van der Waals surface area contributed by atoms with Crippen LogP contribution in [0.15, 0.2) is 59.0 Å². The van der Waals surface area contributed by atoms with Crippen LogP contribution in [0.5, 0.6) is 5.75 Å². The summed E-state index contributed by atoms with van der Waals surface area (Å²) in [5.74, 6) is 0.527. The largest absolute Gasteiger partial charge is 0.488 e. The highest BCUT2D eigenvalue weighted by molar-refractivity contribution is 14.1. The predicted octanol–water partition coefficient (Wildman–Crippen LogP) is 6.00. The third kappa shape index (κ3) is 5.68. The van der Waals surface area contributed by atoms with E-state index in [1.54, 1.807) is 24.4 Å². The van der Waals surface area contributed by atoms with E-state index in [9.17, 15) is 4.79 Å². The molecule has 1 N–H and O–H groups in total. The summed E-state index contributed by atoms with van der Waals surface area (Å²) in [6, 6.07) is 14.6. The molecule has 0 radical (unpaired) electrons. The Balaban J connectivity index is 1.59. The number of amides is 1. The molecular formula is C19H13Cl2IN2O2S. The molecular weight excluding hydrogens is 518 g/mol. The molecule has 0 fully saturated rings. The number of rotatable bonds is 6. The Kier molecular flexibility index (Phi) is 7.12. The summed E-state index contributed by atoms with van der Waals surface area (Å²) in [6.45, 7) is 0.386. The number of thiophene rings is 1. The zero-order valence-electron chi connectivity index (χ0n) is 13.8. The molecule has 138 valence electrons. The first-order valence-corrected chi connectivity index (χ1v) is 10.5. The number of nitrogens with one attached hydrogen (secondary N) is 1. The zero-order chi connectivity index (χ0) is 19.2. The van der Waals surface area contributed by atoms with Gasteiger partial charge in [0.15, 0.2) is 0 Å². The highest BCUT2D eigenvalue weighted by Crippen LogP contribution is 2.25. The molecule has 0 spiro atoms. The highest BCUT2D eigenvalue weighted by atomic mass is 127. The van der Waals surface area contributed by atoms with Crippen LogP contribution in [0, 0.1) is 3.57 Å². The Morgan fingerprint density at radius 3 is 2.74 bits per heavy atom. The van der Waals surface area contributed by atoms with Gasteiger partial charge in [0.25, 0.3) is 5.91 Å². The molecule has 1 heterocycles. The topological polar surface area (TPSA) is 50.7 Å². The van der Waals surface area contributed by atoms with E-state index in [4.69, 9.17) is 27.9 Å². The monoisotopic (exact) mass is 530 g/mol. The average Bonchev–Trinajstić information content (AvgIpc) is 3.18. The van der Waals surface area contributed by atoms with E-state index >= 15 is 0 Å². The van der Waals surface area contributed by atoms with E-state index in [-0.39, 0.29) is 5.91 Å². The lowest BCUT2D eigenvalue weighted by Gasteiger charge is -2.09. The van der Waals surface area contributed by atoms with Gasteiger partial charge in [0.05, 0.1) is 24.7 Å². The number of nitrogens with zero attached hydrogens (tertiary/aromatic N) is 1. The third-order valence-corrected chi connectivity index (χ3v) is 5.91. The number of benzene rings is 2. The minimum absolute atomic E-state index is 0.225. The van der Waals surface area contributed by atoms with Gasteiger partial charge in [-0.05, 0) is 75.5 Å². The lowest BCUT2D eigenvalue weighted by Crippen LogP contribution is -2.16. The number of carbonyl (C=O) groups is 1. The average molecular weight is 531 g/mol. The van der Waals surface area contributed by atoms with E-state index in [2.05, 4.69) is 33.1 Å². The second-order valence-electron chi connectivity index (χ2n) is 5.40. The molecule has 1 amide bonds. The Bertz CT molecular complexity index is 978. The van der Waals surface area contributed by atoms with Crippen molar-refractivity contribution in [3.05, 3.63) is 83.5 Å². The van der Waals surface area contributed by atoms with Crippen LogP contribution < -0.4 is 10.2 Å². The van der Waals surface area contributed by atoms with Gasteiger partial charge < -0.3 is 4.74 Å². The van der Waals surface area contributed by atoms with Gasteiger partial charge in [0.2, 0.25) is 0 Å². The highest BCUT2D eigenvalue weighted by Gasteiger charge is 2.06. The Labute approximate surface area is 184 Å². The van der Waals surface area contributed by atoms with Crippen molar-refractivity contribution in [2.45, 2.75) is 6.61 Å². The molecule has 0 unspecified atom stereocenters. The van der Waals surface area contributed by atoms with Gasteiger partial charge in [-0.25, -0.2) is 5.43 Å². The molecule has 0 aliphatic rings. The standard InChI is InChI=1S/C19H13Cl2IN2O2S/c20-14-5-3-13(8-15(14)21)11-26-17-6-4-12(9-16(17)22)10-23-24-19(25)18-2-1-7-27-18/h1-10H,11H2,(H,24,25)/b23-10-. The van der Waals surface area contributed by atoms with E-state index in [0.717, 1.165) is 20.4 Å². The second kappa shape index (κ2) is 9.54. The molecule has 2 aromatic carbocycles. The molecule has 0 aliphatic heterocycles. The maximum atomic E-state index is 11.8. The number of carbonyl (C=O) groups excluding carboxylic acids is 1. The number of hydrogen-bond donors (Lipinski definition) is 1. The number of ether oxygens (including phenoxy) is 1. The Morgan fingerprint density at radius 1 is 1.19 bits per heavy atom. The van der Waals surface area contributed by atoms with Gasteiger partial charge in [-0.2, -0.15) is 5.10 Å². The fourth-order valence-corrected chi connectivity index (χ4v) is 3.76. The summed E-state index contributed by atoms with van der Waals surface area (Å²) in [6.07, 6.45) is 1.59. The van der Waals surface area contributed by atoms with E-state index < -0.39 is 0 Å². The lowest BCUT2D eigenvalue weighted by atomic mass is 10.2. The molecule has 4 nitrogen and oxygen atoms in total. The molecule has 8 heteroatoms. The summed E-state index contributed by atoms with van der Waals surface area (Å²) in [5.41, 5.74) is 4.29. The van der Waals surface area contributed by atoms with Crippen LogP contribution in [0.4, 0.5) is 0 Å². The SMILES string of the molecule is O=C(N/N=C\c1ccc(OCc2ccc(Cl)c(Cl)c2)c(I)c1)c1cccs1. The Hall–Kier alpha value is -1.61. The van der Waals surface area contributed by atoms with E-state index in [0.29, 0.717) is 21.5 Å². The number of halogens is 3. The second-order valence-corrected chi connectivity index (χ2v) is 8.33. The van der Waals surface area contributed by atoms with Gasteiger partial charge >= 0.3 is 0 Å². The summed E-state index contributed by atoms with van der Waals surface area (Å²) >= 11 is 15.5. The lowest BCUT2D eigenvalue weighted by molar-refractivity contribution is 0.0959. The normalized spacial score (nSPS) is 10.9. The molecule has 3 rings (SSSR count). The minimum atomic E-state index is -0.225. The molecule has 0 saturated heterocycles. The Morgan fingerprint density at radius 2 is 2.04 bits per heavy atom. The van der Waals surface area contributed by atoms with Crippen LogP contribution in [0.25, 0.3) is 0 Å². The van der Waals surface area contributed by atoms with Gasteiger partial charge in [-0.3, -0.25) is 4.79 Å². The van der Waals surface area contributed by atoms with Crippen molar-refractivity contribution in [3.8, 4) is 5.75 Å². The van der Waals surface area contributed by atoms with Gasteiger partial charge in [-0.1, -0.05) is 35.3 Å². The molecule has 0 aliphatic carbocycles. The summed E-state index contributed by atoms with van der Waals surface area (Å²) in [5, 5.41) is 6.86. The van der Waals surface area contributed by atoms with Crippen LogP contribution in [-0.2, 0) is 6.61 Å². The maximum Gasteiger partial charge on any atom is 0.281 e. The molecule has 0 atom stereocenters. The van der Waals surface area contributed by atoms with Crippen molar-refractivity contribution in [1.29, 1.82) is 0 Å². The molecule has 3 aromatic rings. The van der Waals surface area contributed by atoms with Gasteiger partial charge in [0, 0.05) is 0 Å². The molecule has 1 aromatic heterocycles. The molecule has 27 heavy (non-hydrogen) atoms. The van der Waals surface area contributed by atoms with Gasteiger partial charge in [0.1, 0.15) is 12.4 Å². The first kappa shape index (κ1) is 20.1. The molecule has 0 saturated carbocycles. The van der Waals surface area contributed by atoms with Gasteiger partial charge in [-0.15, -0.1) is 11.3 Å². The fraction of sp³-hybridized carbons (Fsp3) is 0.0526. The predicted molar refractivity (Wildman–Crippen MR) is 119 cm³/mol. The van der Waals surface area contributed by atoms with Crippen LogP contribution in [0.1, 0.15) is 20.8 Å². The van der Waals surface area contributed by atoms with Crippen LogP contribution in [0.2, 0.25) is 10.0 Å². The van der Waals surface area contributed by atoms with Crippen molar-refractivity contribution in [1.82, 2.24) is 5.43 Å². The third-order valence-electron chi connectivity index (χ3n) is 3.46. The van der Waals surface area contributed by atoms with Crippen molar-refractivity contribution in [2.24, 2.45) is 5.10 Å². The summed E-state index contributed by atoms with van der Waals surface area (Å²) < 4.78 is 6.77. The first-order valence-electron chi connectivity index (χ1n) is 7.76. The smallest absolute Gasteiger partial charge is 0.281 e. The minimum Gasteiger partial charge on any atom is -0.488 e. The summed E-state index contributed by atoms with van der Waals surface area (Å²) in [4.78, 5) is 12.4. The van der Waals surface area contributed by atoms with Crippen LogP contribution >= 0.6 is 57.1 Å². The van der Waals surface area contributed by atoms with Crippen molar-refractivity contribution < 1.29 is 9.53 Å². The van der Waals surface area contributed by atoms with Crippen molar-refractivity contribution in [3.63, 3.8) is 0 Å². The van der Waals surface area contributed by atoms with E-state index in [1.807, 2.05) is 35.7 Å². The first-order chi connectivity index (χ1) is 13.0. The fourth-order valence-electron chi connectivity index (χ4n) is 2.13. The summed E-state index contributed by atoms with van der Waals surface area (Å²) in [7, 11) is 0. The zero-order valence-corrected chi connectivity index (χ0v) is 18.3.